The van der Waals surface area contributed by atoms with E-state index in [2.05, 4.69) is 22.9 Å². The van der Waals surface area contributed by atoms with E-state index in [-0.39, 0.29) is 6.61 Å². The molecule has 0 fully saturated rings. The topological polar surface area (TPSA) is 9.23 Å². The summed E-state index contributed by atoms with van der Waals surface area (Å²) in [6, 6.07) is 7.63. The van der Waals surface area contributed by atoms with Gasteiger partial charge in [0.2, 0.25) is 0 Å². The van der Waals surface area contributed by atoms with Crippen molar-refractivity contribution in [3.8, 4) is 5.75 Å². The molecule has 0 aliphatic rings. The van der Waals surface area contributed by atoms with E-state index in [4.69, 9.17) is 4.74 Å². The van der Waals surface area contributed by atoms with E-state index in [0.717, 1.165) is 5.75 Å². The van der Waals surface area contributed by atoms with Gasteiger partial charge in [0.1, 0.15) is 19.0 Å². The van der Waals surface area contributed by atoms with E-state index < -0.39 is 6.67 Å². The Morgan fingerprint density at radius 1 is 1.38 bits per heavy atom. The van der Waals surface area contributed by atoms with Crippen LogP contribution in [0.3, 0.4) is 0 Å². The van der Waals surface area contributed by atoms with E-state index in [1.165, 1.54) is 5.56 Å². The predicted molar refractivity (Wildman–Crippen MR) is 55.3 cm³/mol. The quantitative estimate of drug-likeness (QED) is 0.740. The van der Waals surface area contributed by atoms with Gasteiger partial charge in [-0.15, -0.1) is 0 Å². The van der Waals surface area contributed by atoms with Gasteiger partial charge in [0.15, 0.2) is 0 Å². The van der Waals surface area contributed by atoms with Gasteiger partial charge < -0.3 is 4.74 Å². The molecular formula is C10H12BrFO. The second-order valence-electron chi connectivity index (χ2n) is 2.72. The summed E-state index contributed by atoms with van der Waals surface area (Å²) < 4.78 is 16.9. The Labute approximate surface area is 86.0 Å². The molecule has 0 saturated carbocycles. The Bertz CT molecular complexity index is 246. The van der Waals surface area contributed by atoms with Gasteiger partial charge >= 0.3 is 0 Å². The molecule has 1 aromatic rings. The van der Waals surface area contributed by atoms with Crippen molar-refractivity contribution in [3.63, 3.8) is 0 Å². The molecule has 0 aromatic heterocycles. The van der Waals surface area contributed by atoms with Crippen LogP contribution in [0.2, 0.25) is 0 Å². The first-order valence-corrected chi connectivity index (χ1v) is 5.08. The average molecular weight is 247 g/mol. The Kier molecular flexibility index (Phi) is 4.22. The maximum atomic E-state index is 11.8. The summed E-state index contributed by atoms with van der Waals surface area (Å²) in [6.45, 7) is 1.73. The zero-order valence-electron chi connectivity index (χ0n) is 7.47. The third-order valence-corrected chi connectivity index (χ3v) is 2.21. The number of hydrogen-bond donors (Lipinski definition) is 0. The Hall–Kier alpha value is -0.570. The van der Waals surface area contributed by atoms with Gasteiger partial charge in [-0.3, -0.25) is 0 Å². The van der Waals surface area contributed by atoms with Crippen LogP contribution in [0.5, 0.6) is 5.75 Å². The molecule has 0 bridgehead atoms. The predicted octanol–water partition coefficient (Wildman–Crippen LogP) is 3.49. The van der Waals surface area contributed by atoms with Crippen molar-refractivity contribution < 1.29 is 9.13 Å². The molecule has 1 aromatic carbocycles. The van der Waals surface area contributed by atoms with Crippen molar-refractivity contribution in [3.05, 3.63) is 29.8 Å². The lowest BCUT2D eigenvalue weighted by molar-refractivity contribution is 0.273. The van der Waals surface area contributed by atoms with Crippen LogP contribution in [0.4, 0.5) is 4.39 Å². The van der Waals surface area contributed by atoms with Crippen molar-refractivity contribution >= 4 is 15.9 Å². The van der Waals surface area contributed by atoms with Crippen LogP contribution >= 0.6 is 15.9 Å². The lowest BCUT2D eigenvalue weighted by Crippen LogP contribution is -1.98. The molecule has 72 valence electrons. The minimum absolute atomic E-state index is 0.128. The first kappa shape index (κ1) is 10.5. The van der Waals surface area contributed by atoms with Gasteiger partial charge in [0.25, 0.3) is 0 Å². The maximum absolute atomic E-state index is 11.8. The number of halogens is 2. The van der Waals surface area contributed by atoms with Crippen LogP contribution in [0, 0.1) is 0 Å². The molecule has 0 aliphatic heterocycles. The largest absolute Gasteiger partial charge is 0.491 e. The van der Waals surface area contributed by atoms with E-state index in [1.54, 1.807) is 0 Å². The minimum Gasteiger partial charge on any atom is -0.491 e. The van der Waals surface area contributed by atoms with Crippen molar-refractivity contribution in [1.29, 1.82) is 0 Å². The van der Waals surface area contributed by atoms with Crippen molar-refractivity contribution in [2.45, 2.75) is 11.8 Å². The second-order valence-corrected chi connectivity index (χ2v) is 4.10. The molecule has 1 nitrogen and oxygen atoms in total. The molecule has 1 unspecified atom stereocenters. The molecule has 0 spiro atoms. The summed E-state index contributed by atoms with van der Waals surface area (Å²) >= 11 is 3.46. The van der Waals surface area contributed by atoms with E-state index >= 15 is 0 Å². The molecule has 1 atom stereocenters. The molecule has 0 heterocycles. The third-order valence-electron chi connectivity index (χ3n) is 1.69. The van der Waals surface area contributed by atoms with Crippen molar-refractivity contribution in [2.24, 2.45) is 0 Å². The average Bonchev–Trinajstić information content (AvgIpc) is 2.15. The number of hydrogen-bond acceptors (Lipinski definition) is 1. The standard InChI is InChI=1S/C10H12BrFO/c1-8(11)9-2-4-10(5-3-9)13-7-6-12/h2-5,8H,6-7H2,1H3. The summed E-state index contributed by atoms with van der Waals surface area (Å²) in [7, 11) is 0. The van der Waals surface area contributed by atoms with Crippen LogP contribution in [0.1, 0.15) is 17.3 Å². The molecular weight excluding hydrogens is 235 g/mol. The van der Waals surface area contributed by atoms with Gasteiger partial charge in [-0.05, 0) is 24.6 Å². The summed E-state index contributed by atoms with van der Waals surface area (Å²) in [4.78, 5) is 0.336. The molecule has 1 rings (SSSR count). The van der Waals surface area contributed by atoms with Crippen LogP contribution in [-0.2, 0) is 0 Å². The number of ether oxygens (including phenoxy) is 1. The van der Waals surface area contributed by atoms with Gasteiger partial charge in [-0.2, -0.15) is 0 Å². The maximum Gasteiger partial charge on any atom is 0.123 e. The Morgan fingerprint density at radius 3 is 2.46 bits per heavy atom. The highest BCUT2D eigenvalue weighted by Crippen LogP contribution is 2.23. The van der Waals surface area contributed by atoms with Crippen molar-refractivity contribution in [2.75, 3.05) is 13.3 Å². The molecule has 3 heteroatoms. The fraction of sp³-hybridized carbons (Fsp3) is 0.400. The first-order chi connectivity index (χ1) is 6.24. The SMILES string of the molecule is CC(Br)c1ccc(OCCF)cc1. The van der Waals surface area contributed by atoms with Gasteiger partial charge in [0.05, 0.1) is 0 Å². The number of alkyl halides is 2. The van der Waals surface area contributed by atoms with Crippen LogP contribution in [-0.4, -0.2) is 13.3 Å². The molecule has 13 heavy (non-hydrogen) atoms. The Morgan fingerprint density at radius 2 is 2.00 bits per heavy atom. The zero-order chi connectivity index (χ0) is 9.68. The van der Waals surface area contributed by atoms with E-state index in [0.29, 0.717) is 4.83 Å². The summed E-state index contributed by atoms with van der Waals surface area (Å²) in [5, 5.41) is 0. The molecule has 0 amide bonds. The Balaban J connectivity index is 2.59. The highest BCUT2D eigenvalue weighted by atomic mass is 79.9. The van der Waals surface area contributed by atoms with Gasteiger partial charge in [0, 0.05) is 4.83 Å². The number of benzene rings is 1. The van der Waals surface area contributed by atoms with Crippen LogP contribution in [0.25, 0.3) is 0 Å². The highest BCUT2D eigenvalue weighted by molar-refractivity contribution is 9.09. The van der Waals surface area contributed by atoms with Gasteiger partial charge in [-0.25, -0.2) is 4.39 Å². The molecule has 0 N–H and O–H groups in total. The lowest BCUT2D eigenvalue weighted by atomic mass is 10.2. The summed E-state index contributed by atoms with van der Waals surface area (Å²) in [5.74, 6) is 0.717. The minimum atomic E-state index is -0.448. The van der Waals surface area contributed by atoms with Crippen molar-refractivity contribution in [1.82, 2.24) is 0 Å². The smallest absolute Gasteiger partial charge is 0.123 e. The highest BCUT2D eigenvalue weighted by Gasteiger charge is 2.00. The van der Waals surface area contributed by atoms with E-state index in [1.807, 2.05) is 24.3 Å². The van der Waals surface area contributed by atoms with Gasteiger partial charge in [-0.1, -0.05) is 28.1 Å². The fourth-order valence-electron chi connectivity index (χ4n) is 0.986. The lowest BCUT2D eigenvalue weighted by Gasteiger charge is -2.06. The monoisotopic (exact) mass is 246 g/mol. The summed E-state index contributed by atoms with van der Waals surface area (Å²) in [6.07, 6.45) is 0. The van der Waals surface area contributed by atoms with Crippen LogP contribution in [0.15, 0.2) is 24.3 Å². The first-order valence-electron chi connectivity index (χ1n) is 4.17. The zero-order valence-corrected chi connectivity index (χ0v) is 9.05. The molecule has 0 saturated heterocycles. The number of rotatable bonds is 4. The third kappa shape index (κ3) is 3.35. The summed E-state index contributed by atoms with van der Waals surface area (Å²) in [5.41, 5.74) is 1.19. The normalized spacial score (nSPS) is 12.5. The molecule has 0 radical (unpaired) electrons. The fourth-order valence-corrected chi connectivity index (χ4v) is 1.29. The second kappa shape index (κ2) is 5.22. The van der Waals surface area contributed by atoms with Crippen LogP contribution < -0.4 is 4.74 Å². The van der Waals surface area contributed by atoms with E-state index in [9.17, 15) is 4.39 Å². The molecule has 0 aliphatic carbocycles.